The van der Waals surface area contributed by atoms with Gasteiger partial charge < -0.3 is 24.1 Å². The number of ether oxygens (including phenoxy) is 3. The maximum absolute atomic E-state index is 14.3. The minimum atomic E-state index is -0.387. The quantitative estimate of drug-likeness (QED) is 0.197. The molecular weight excluding hydrogens is 621 g/mol. The number of benzene rings is 2. The van der Waals surface area contributed by atoms with Crippen LogP contribution in [0.1, 0.15) is 79.9 Å². The standard InChI is InChI=1S/C39H46FN5O4/c1-26-6-7-28(31(40)20-26)24-48-37-5-2-4-32(43-37)27-11-17-44(18-12-27)23-36-42-33-21-29(8-9-34(33)45(36)22-30-13-19-47-30)41-38(46)35-10-16-39(25-49-35)14-3-15-39/h2,4-9,20-21,27,30,35H,3,10-19,22-25H2,1H3,(H,41,46). The Balaban J connectivity index is 0.902. The third-order valence-electron chi connectivity index (χ3n) is 11.2. The summed E-state index contributed by atoms with van der Waals surface area (Å²) in [6, 6.07) is 17.1. The lowest BCUT2D eigenvalue weighted by Gasteiger charge is -2.46. The van der Waals surface area contributed by atoms with E-state index in [1.54, 1.807) is 6.07 Å². The SMILES string of the molecule is Cc1ccc(COc2cccc(C3CCN(Cc4nc5cc(NC(=O)C6CCC7(CCC7)CO6)ccc5n4CC4CCO4)CC3)n2)c(F)c1. The van der Waals surface area contributed by atoms with E-state index in [1.165, 1.54) is 25.3 Å². The Morgan fingerprint density at radius 2 is 1.88 bits per heavy atom. The molecule has 49 heavy (non-hydrogen) atoms. The molecule has 3 aliphatic heterocycles. The predicted octanol–water partition coefficient (Wildman–Crippen LogP) is 6.91. The lowest BCUT2D eigenvalue weighted by atomic mass is 9.65. The van der Waals surface area contributed by atoms with Gasteiger partial charge in [-0.1, -0.05) is 24.6 Å². The summed E-state index contributed by atoms with van der Waals surface area (Å²) < 4.78 is 34.4. The molecular formula is C39H46FN5O4. The molecule has 4 fully saturated rings. The average molecular weight is 668 g/mol. The number of hydrogen-bond acceptors (Lipinski definition) is 7. The smallest absolute Gasteiger partial charge is 0.253 e. The van der Waals surface area contributed by atoms with Crippen molar-refractivity contribution in [2.24, 2.45) is 5.41 Å². The Kier molecular flexibility index (Phi) is 9.11. The molecule has 0 radical (unpaired) electrons. The third-order valence-corrected chi connectivity index (χ3v) is 11.2. The first-order valence-electron chi connectivity index (χ1n) is 18.0. The summed E-state index contributed by atoms with van der Waals surface area (Å²) in [4.78, 5) is 25.5. The molecule has 3 saturated heterocycles. The number of imidazole rings is 1. The molecule has 258 valence electrons. The van der Waals surface area contributed by atoms with Crippen molar-refractivity contribution in [2.45, 2.75) is 96.1 Å². The molecule has 1 spiro atoms. The molecule has 4 aliphatic rings. The van der Waals surface area contributed by atoms with Crippen LogP contribution in [0.4, 0.5) is 10.1 Å². The number of piperidine rings is 1. The summed E-state index contributed by atoms with van der Waals surface area (Å²) in [5.41, 5.74) is 5.46. The van der Waals surface area contributed by atoms with Crippen LogP contribution in [0.2, 0.25) is 0 Å². The van der Waals surface area contributed by atoms with Gasteiger partial charge in [0.1, 0.15) is 24.4 Å². The number of nitrogens with zero attached hydrogens (tertiary/aromatic N) is 4. The minimum Gasteiger partial charge on any atom is -0.473 e. The average Bonchev–Trinajstić information content (AvgIpc) is 3.41. The van der Waals surface area contributed by atoms with E-state index in [0.29, 0.717) is 29.4 Å². The van der Waals surface area contributed by atoms with Gasteiger partial charge in [-0.15, -0.1) is 0 Å². The van der Waals surface area contributed by atoms with Gasteiger partial charge in [0.2, 0.25) is 5.88 Å². The van der Waals surface area contributed by atoms with Crippen LogP contribution in [0.5, 0.6) is 5.88 Å². The van der Waals surface area contributed by atoms with Crippen LogP contribution in [-0.2, 0) is 34.0 Å². The number of aryl methyl sites for hydroxylation is 1. The molecule has 4 aromatic rings. The van der Waals surface area contributed by atoms with Crippen molar-refractivity contribution >= 4 is 22.6 Å². The van der Waals surface area contributed by atoms with E-state index in [4.69, 9.17) is 24.2 Å². The van der Waals surface area contributed by atoms with Crippen LogP contribution >= 0.6 is 0 Å². The van der Waals surface area contributed by atoms with E-state index in [2.05, 4.69) is 26.9 Å². The van der Waals surface area contributed by atoms with Crippen LogP contribution in [0, 0.1) is 18.2 Å². The van der Waals surface area contributed by atoms with Gasteiger partial charge in [0.25, 0.3) is 5.91 Å². The number of pyridine rings is 1. The van der Waals surface area contributed by atoms with Gasteiger partial charge in [-0.05, 0) is 106 Å². The Morgan fingerprint density at radius 3 is 2.59 bits per heavy atom. The highest BCUT2D eigenvalue weighted by Crippen LogP contribution is 2.48. The first kappa shape index (κ1) is 32.4. The number of likely N-dealkylation sites (tertiary alicyclic amines) is 1. The molecule has 2 aromatic carbocycles. The summed E-state index contributed by atoms with van der Waals surface area (Å²) in [5, 5.41) is 3.11. The van der Waals surface area contributed by atoms with E-state index < -0.39 is 0 Å². The van der Waals surface area contributed by atoms with E-state index in [0.717, 1.165) is 98.7 Å². The summed E-state index contributed by atoms with van der Waals surface area (Å²) in [6.07, 6.45) is 8.43. The van der Waals surface area contributed by atoms with Crippen LogP contribution in [0.15, 0.2) is 54.6 Å². The number of rotatable bonds is 10. The summed E-state index contributed by atoms with van der Waals surface area (Å²) in [5.74, 6) is 1.56. The Bertz CT molecular complexity index is 1800. The molecule has 8 rings (SSSR count). The Hall–Kier alpha value is -3.86. The topological polar surface area (TPSA) is 90.7 Å². The highest BCUT2D eigenvalue weighted by Gasteiger charge is 2.42. The zero-order valence-corrected chi connectivity index (χ0v) is 28.3. The lowest BCUT2D eigenvalue weighted by molar-refractivity contribution is -0.142. The second-order valence-electron chi connectivity index (χ2n) is 14.6. The van der Waals surface area contributed by atoms with Crippen molar-refractivity contribution in [3.05, 3.63) is 83.1 Å². The van der Waals surface area contributed by atoms with Crippen LogP contribution in [-0.4, -0.2) is 63.9 Å². The first-order chi connectivity index (χ1) is 23.9. The minimum absolute atomic E-state index is 0.0642. The van der Waals surface area contributed by atoms with Gasteiger partial charge in [-0.2, -0.15) is 0 Å². The monoisotopic (exact) mass is 667 g/mol. The molecule has 1 N–H and O–H groups in total. The fourth-order valence-corrected chi connectivity index (χ4v) is 7.83. The molecule has 2 unspecified atom stereocenters. The molecule has 2 aromatic heterocycles. The maximum atomic E-state index is 14.3. The first-order valence-corrected chi connectivity index (χ1v) is 18.0. The van der Waals surface area contributed by atoms with Gasteiger partial charge >= 0.3 is 0 Å². The molecule has 1 saturated carbocycles. The van der Waals surface area contributed by atoms with Gasteiger partial charge in [0.15, 0.2) is 0 Å². The van der Waals surface area contributed by atoms with Crippen LogP contribution < -0.4 is 10.1 Å². The largest absolute Gasteiger partial charge is 0.473 e. The fourth-order valence-electron chi connectivity index (χ4n) is 7.83. The zero-order chi connectivity index (χ0) is 33.4. The number of nitrogens with one attached hydrogen (secondary N) is 1. The number of aromatic nitrogens is 3. The highest BCUT2D eigenvalue weighted by atomic mass is 19.1. The normalized spacial score (nSPS) is 22.5. The van der Waals surface area contributed by atoms with Gasteiger partial charge in [-0.3, -0.25) is 9.69 Å². The van der Waals surface area contributed by atoms with Crippen molar-refractivity contribution in [3.8, 4) is 5.88 Å². The van der Waals surface area contributed by atoms with Crippen LogP contribution in [0.3, 0.4) is 0 Å². The molecule has 0 bridgehead atoms. The second-order valence-corrected chi connectivity index (χ2v) is 14.6. The van der Waals surface area contributed by atoms with Crippen molar-refractivity contribution in [1.29, 1.82) is 0 Å². The van der Waals surface area contributed by atoms with E-state index >= 15 is 0 Å². The van der Waals surface area contributed by atoms with E-state index in [1.807, 2.05) is 37.3 Å². The van der Waals surface area contributed by atoms with E-state index in [9.17, 15) is 9.18 Å². The molecule has 2 atom stereocenters. The number of carbonyl (C=O) groups is 1. The number of hydrogen-bond donors (Lipinski definition) is 1. The van der Waals surface area contributed by atoms with E-state index in [-0.39, 0.29) is 30.5 Å². The fraction of sp³-hybridized carbons (Fsp3) is 0.513. The van der Waals surface area contributed by atoms with Gasteiger partial charge in [-0.25, -0.2) is 14.4 Å². The zero-order valence-electron chi connectivity index (χ0n) is 28.3. The molecule has 10 heteroatoms. The number of carbonyl (C=O) groups excluding carboxylic acids is 1. The summed E-state index contributed by atoms with van der Waals surface area (Å²) in [6.45, 7) is 6.91. The number of halogens is 1. The number of anilines is 1. The molecule has 1 amide bonds. The Morgan fingerprint density at radius 1 is 1.02 bits per heavy atom. The summed E-state index contributed by atoms with van der Waals surface area (Å²) >= 11 is 0. The van der Waals surface area contributed by atoms with Gasteiger partial charge in [0.05, 0.1) is 36.8 Å². The highest BCUT2D eigenvalue weighted by molar-refractivity contribution is 5.96. The molecule has 1 aliphatic carbocycles. The molecule has 5 heterocycles. The Labute approximate surface area is 287 Å². The van der Waals surface area contributed by atoms with Crippen LogP contribution in [0.25, 0.3) is 11.0 Å². The van der Waals surface area contributed by atoms with Gasteiger partial charge in [0, 0.05) is 35.5 Å². The second kappa shape index (κ2) is 13.8. The van der Waals surface area contributed by atoms with Crippen molar-refractivity contribution in [3.63, 3.8) is 0 Å². The maximum Gasteiger partial charge on any atom is 0.253 e. The number of amides is 1. The lowest BCUT2D eigenvalue weighted by Crippen LogP contribution is -2.44. The van der Waals surface area contributed by atoms with Crippen molar-refractivity contribution in [2.75, 3.05) is 31.6 Å². The van der Waals surface area contributed by atoms with Crippen molar-refractivity contribution < 1.29 is 23.4 Å². The number of fused-ring (bicyclic) bond motifs is 1. The summed E-state index contributed by atoms with van der Waals surface area (Å²) in [7, 11) is 0. The third kappa shape index (κ3) is 7.09. The molecule has 9 nitrogen and oxygen atoms in total. The predicted molar refractivity (Wildman–Crippen MR) is 185 cm³/mol. The van der Waals surface area contributed by atoms with Crippen molar-refractivity contribution in [1.82, 2.24) is 19.4 Å².